The van der Waals surface area contributed by atoms with E-state index in [0.29, 0.717) is 6.42 Å². The van der Waals surface area contributed by atoms with Crippen molar-refractivity contribution in [3.63, 3.8) is 0 Å². The number of allylic oxidation sites excluding steroid dienone is 1. The van der Waals surface area contributed by atoms with E-state index in [0.717, 1.165) is 10.8 Å². The number of ketones is 1. The molecule has 0 saturated heterocycles. The van der Waals surface area contributed by atoms with Gasteiger partial charge in [-0.15, -0.1) is 0 Å². The van der Waals surface area contributed by atoms with Gasteiger partial charge in [-0.3, -0.25) is 4.79 Å². The van der Waals surface area contributed by atoms with Crippen molar-refractivity contribution in [1.82, 2.24) is 0 Å². The quantitative estimate of drug-likeness (QED) is 0.712. The van der Waals surface area contributed by atoms with Crippen molar-refractivity contribution in [3.05, 3.63) is 10.8 Å². The Morgan fingerprint density at radius 2 is 1.87 bits per heavy atom. The molecule has 1 aliphatic rings. The van der Waals surface area contributed by atoms with Gasteiger partial charge in [0, 0.05) is 11.8 Å². The zero-order chi connectivity index (χ0) is 11.9. The van der Waals surface area contributed by atoms with Crippen molar-refractivity contribution in [3.8, 4) is 0 Å². The van der Waals surface area contributed by atoms with Gasteiger partial charge in [0.15, 0.2) is 5.78 Å². The summed E-state index contributed by atoms with van der Waals surface area (Å²) in [6, 6.07) is 0. The molecule has 1 atom stereocenters. The van der Waals surface area contributed by atoms with Crippen LogP contribution in [0.4, 0.5) is 0 Å². The molecule has 2 N–H and O–H groups in total. The van der Waals surface area contributed by atoms with E-state index in [9.17, 15) is 15.0 Å². The number of hydrogen-bond acceptors (Lipinski definition) is 3. The number of Topliss-reactive ketones (excluding diaryl/α,β-unsaturated/α-hetero) is 1. The van der Waals surface area contributed by atoms with Crippen LogP contribution in [0.5, 0.6) is 0 Å². The van der Waals surface area contributed by atoms with E-state index in [4.69, 9.17) is 0 Å². The molecule has 0 aliphatic heterocycles. The topological polar surface area (TPSA) is 57.5 Å². The highest BCUT2D eigenvalue weighted by molar-refractivity contribution is 6.87. The van der Waals surface area contributed by atoms with Crippen LogP contribution in [0.1, 0.15) is 13.3 Å². The minimum atomic E-state index is -1.72. The third-order valence-corrected chi connectivity index (χ3v) is 5.20. The number of hydrogen-bond donors (Lipinski definition) is 2. The molecule has 1 aliphatic carbocycles. The highest BCUT2D eigenvalue weighted by atomic mass is 28.3. The summed E-state index contributed by atoms with van der Waals surface area (Å²) >= 11 is 0. The normalized spacial score (nSPS) is 27.7. The summed E-state index contributed by atoms with van der Waals surface area (Å²) in [5, 5.41) is 19.6. The van der Waals surface area contributed by atoms with Crippen LogP contribution in [0, 0.1) is 5.41 Å². The Morgan fingerprint density at radius 3 is 2.20 bits per heavy atom. The van der Waals surface area contributed by atoms with Crippen LogP contribution < -0.4 is 0 Å². The highest BCUT2D eigenvalue weighted by Gasteiger charge is 2.44. The molecule has 1 rings (SSSR count). The molecule has 0 heterocycles. The average Bonchev–Trinajstić information content (AvgIpc) is 2.36. The molecule has 0 bridgehead atoms. The third kappa shape index (κ3) is 2.07. The smallest absolute Gasteiger partial charge is 0.155 e. The van der Waals surface area contributed by atoms with E-state index in [2.05, 4.69) is 19.6 Å². The summed E-state index contributed by atoms with van der Waals surface area (Å²) in [5.74, 6) is 0.120. The minimum Gasteiger partial charge on any atom is -0.395 e. The second kappa shape index (κ2) is 3.85. The van der Waals surface area contributed by atoms with Gasteiger partial charge < -0.3 is 10.2 Å². The summed E-state index contributed by atoms with van der Waals surface area (Å²) in [7, 11) is -1.72. The Bertz CT molecular complexity index is 314. The number of aliphatic hydroxyl groups excluding tert-OH is 2. The van der Waals surface area contributed by atoms with Gasteiger partial charge in [-0.2, -0.15) is 0 Å². The molecular formula is C11H20O3Si. The van der Waals surface area contributed by atoms with E-state index in [1.165, 1.54) is 0 Å². The summed E-state index contributed by atoms with van der Waals surface area (Å²) in [6.45, 7) is 7.96. The fourth-order valence-electron chi connectivity index (χ4n) is 2.31. The lowest BCUT2D eigenvalue weighted by molar-refractivity contribution is -0.115. The lowest BCUT2D eigenvalue weighted by atomic mass is 9.84. The molecule has 4 heteroatoms. The van der Waals surface area contributed by atoms with Crippen LogP contribution in [-0.2, 0) is 4.79 Å². The maximum Gasteiger partial charge on any atom is 0.155 e. The fourth-order valence-corrected chi connectivity index (χ4v) is 4.52. The van der Waals surface area contributed by atoms with E-state index in [-0.39, 0.29) is 19.0 Å². The number of carbonyl (C=O) groups is 1. The van der Waals surface area contributed by atoms with Crippen LogP contribution in [0.25, 0.3) is 0 Å². The van der Waals surface area contributed by atoms with Crippen LogP contribution in [0.15, 0.2) is 10.8 Å². The lowest BCUT2D eigenvalue weighted by Gasteiger charge is -2.25. The van der Waals surface area contributed by atoms with Crippen LogP contribution in [0.3, 0.4) is 0 Å². The molecule has 15 heavy (non-hydrogen) atoms. The molecule has 0 aromatic heterocycles. The molecule has 3 nitrogen and oxygen atoms in total. The molecule has 1 unspecified atom stereocenters. The number of rotatable bonds is 3. The van der Waals surface area contributed by atoms with Gasteiger partial charge in [0.2, 0.25) is 0 Å². The lowest BCUT2D eigenvalue weighted by Crippen LogP contribution is -2.29. The Balaban J connectivity index is 3.30. The third-order valence-electron chi connectivity index (χ3n) is 3.12. The van der Waals surface area contributed by atoms with Crippen LogP contribution in [-0.4, -0.2) is 37.3 Å². The first kappa shape index (κ1) is 12.6. The Morgan fingerprint density at radius 1 is 1.33 bits per heavy atom. The van der Waals surface area contributed by atoms with Gasteiger partial charge in [0.05, 0.1) is 21.3 Å². The predicted octanol–water partition coefficient (Wildman–Crippen LogP) is 1.12. The fraction of sp³-hybridized carbons (Fsp3) is 0.727. The van der Waals surface area contributed by atoms with Crippen molar-refractivity contribution < 1.29 is 15.0 Å². The van der Waals surface area contributed by atoms with Crippen molar-refractivity contribution in [1.29, 1.82) is 0 Å². The van der Waals surface area contributed by atoms with Crippen molar-refractivity contribution in [2.75, 3.05) is 13.2 Å². The second-order valence-corrected chi connectivity index (χ2v) is 10.6. The van der Waals surface area contributed by atoms with E-state index in [1.807, 2.05) is 6.92 Å². The summed E-state index contributed by atoms with van der Waals surface area (Å²) in [4.78, 5) is 11.9. The number of aliphatic hydroxyl groups is 2. The van der Waals surface area contributed by atoms with E-state index < -0.39 is 13.5 Å². The molecule has 0 saturated carbocycles. The van der Waals surface area contributed by atoms with Gasteiger partial charge in [-0.1, -0.05) is 26.6 Å². The summed E-state index contributed by atoms with van der Waals surface area (Å²) < 4.78 is 0. The first-order chi connectivity index (χ1) is 6.76. The SMILES string of the molecule is CC1(CO)CC(=O)C([Si](C)(C)C)=C1CO. The number of carbonyl (C=O) groups excluding carboxylic acids is 1. The van der Waals surface area contributed by atoms with Crippen LogP contribution in [0.2, 0.25) is 19.6 Å². The Kier molecular flexibility index (Phi) is 3.23. The first-order valence-electron chi connectivity index (χ1n) is 5.25. The summed E-state index contributed by atoms with van der Waals surface area (Å²) in [5.41, 5.74) is 0.246. The summed E-state index contributed by atoms with van der Waals surface area (Å²) in [6.07, 6.45) is 0.346. The van der Waals surface area contributed by atoms with Crippen molar-refractivity contribution >= 4 is 13.9 Å². The molecule has 86 valence electrons. The average molecular weight is 228 g/mol. The molecule has 0 fully saturated rings. The molecule has 0 amide bonds. The monoisotopic (exact) mass is 228 g/mol. The van der Waals surface area contributed by atoms with E-state index in [1.54, 1.807) is 0 Å². The zero-order valence-electron chi connectivity index (χ0n) is 9.92. The second-order valence-electron chi connectivity index (χ2n) is 5.58. The molecule has 0 aromatic rings. The van der Waals surface area contributed by atoms with E-state index >= 15 is 0 Å². The first-order valence-corrected chi connectivity index (χ1v) is 8.75. The Labute approximate surface area is 91.8 Å². The maximum atomic E-state index is 11.9. The predicted molar refractivity (Wildman–Crippen MR) is 62.3 cm³/mol. The molecule has 0 radical (unpaired) electrons. The molecule has 0 aromatic carbocycles. The van der Waals surface area contributed by atoms with Gasteiger partial charge in [-0.05, 0) is 10.8 Å². The Hall–Kier alpha value is -0.453. The minimum absolute atomic E-state index is 0.0669. The van der Waals surface area contributed by atoms with Crippen LogP contribution >= 0.6 is 0 Å². The van der Waals surface area contributed by atoms with Gasteiger partial charge >= 0.3 is 0 Å². The molecule has 0 spiro atoms. The molecular weight excluding hydrogens is 208 g/mol. The zero-order valence-corrected chi connectivity index (χ0v) is 10.9. The van der Waals surface area contributed by atoms with Gasteiger partial charge in [0.25, 0.3) is 0 Å². The highest BCUT2D eigenvalue weighted by Crippen LogP contribution is 2.43. The van der Waals surface area contributed by atoms with Crippen molar-refractivity contribution in [2.24, 2.45) is 5.41 Å². The van der Waals surface area contributed by atoms with Gasteiger partial charge in [-0.25, -0.2) is 0 Å². The van der Waals surface area contributed by atoms with Crippen molar-refractivity contribution in [2.45, 2.75) is 33.0 Å². The maximum absolute atomic E-state index is 11.9. The largest absolute Gasteiger partial charge is 0.395 e. The van der Waals surface area contributed by atoms with Gasteiger partial charge in [0.1, 0.15) is 0 Å². The standard InChI is InChI=1S/C11H20O3Si/c1-11(7-13)5-9(14)10(8(11)6-12)15(2,3)4/h12-13H,5-7H2,1-4H3.